The minimum atomic E-state index is -3.11. The molecule has 0 amide bonds. The topological polar surface area (TPSA) is 58.0 Å². The Morgan fingerprint density at radius 3 is 2.38 bits per heavy atom. The van der Waals surface area contributed by atoms with Gasteiger partial charge >= 0.3 is 0 Å². The van der Waals surface area contributed by atoms with E-state index in [4.69, 9.17) is 5.41 Å². The molecule has 0 saturated heterocycles. The molecule has 0 aromatic heterocycles. The van der Waals surface area contributed by atoms with Crippen molar-refractivity contribution in [1.82, 2.24) is 0 Å². The van der Waals surface area contributed by atoms with E-state index in [2.05, 4.69) is 11.8 Å². The summed E-state index contributed by atoms with van der Waals surface area (Å²) in [6.45, 7) is 3.19. The van der Waals surface area contributed by atoms with Crippen LogP contribution in [-0.4, -0.2) is 24.6 Å². The molecule has 13 heavy (non-hydrogen) atoms. The minimum absolute atomic E-state index is 0.192. The Balaban J connectivity index is 2.97. The van der Waals surface area contributed by atoms with Crippen molar-refractivity contribution in [2.24, 2.45) is 0 Å². The molecule has 0 radical (unpaired) electrons. The first-order chi connectivity index (χ1) is 5.92. The lowest BCUT2D eigenvalue weighted by molar-refractivity contribution is 0.574. The van der Waals surface area contributed by atoms with Crippen LogP contribution in [0.3, 0.4) is 0 Å². The molecular formula is C9H13NO2S. The van der Waals surface area contributed by atoms with Crippen LogP contribution in [0, 0.1) is 17.3 Å². The van der Waals surface area contributed by atoms with Gasteiger partial charge in [0.2, 0.25) is 0 Å². The molecule has 1 rings (SSSR count). The Morgan fingerprint density at radius 2 is 2.00 bits per heavy atom. The van der Waals surface area contributed by atoms with Crippen LogP contribution in [0.25, 0.3) is 0 Å². The van der Waals surface area contributed by atoms with Crippen LogP contribution in [0.4, 0.5) is 0 Å². The van der Waals surface area contributed by atoms with Crippen molar-refractivity contribution < 1.29 is 8.42 Å². The first kappa shape index (κ1) is 10.3. The van der Waals surface area contributed by atoms with Gasteiger partial charge in [0.25, 0.3) is 0 Å². The maximum atomic E-state index is 11.7. The van der Waals surface area contributed by atoms with E-state index in [0.29, 0.717) is 0 Å². The highest BCUT2D eigenvalue weighted by molar-refractivity contribution is 7.93. The molecule has 0 unspecified atom stereocenters. The van der Waals surface area contributed by atoms with Gasteiger partial charge in [0, 0.05) is 0 Å². The third-order valence-corrected chi connectivity index (χ3v) is 4.99. The van der Waals surface area contributed by atoms with Gasteiger partial charge < -0.3 is 0 Å². The molecule has 0 bridgehead atoms. The molecular weight excluding hydrogens is 186 g/mol. The van der Waals surface area contributed by atoms with Gasteiger partial charge in [0.05, 0.1) is 11.5 Å². The Labute approximate surface area is 79.0 Å². The zero-order valence-corrected chi connectivity index (χ0v) is 8.61. The molecule has 1 saturated carbocycles. The van der Waals surface area contributed by atoms with Crippen LogP contribution in [0.15, 0.2) is 0 Å². The zero-order valence-electron chi connectivity index (χ0n) is 7.79. The number of hydrogen-bond donors (Lipinski definition) is 1. The third kappa shape index (κ3) is 1.92. The van der Waals surface area contributed by atoms with Crippen LogP contribution in [0.5, 0.6) is 0 Å². The SMILES string of the molecule is CC(C)(C#CC=N)S(=O)(=O)C1CC1. The van der Waals surface area contributed by atoms with Crippen molar-refractivity contribution in [1.29, 1.82) is 5.41 Å². The largest absolute Gasteiger partial charge is 0.300 e. The van der Waals surface area contributed by atoms with E-state index >= 15 is 0 Å². The zero-order chi connectivity index (χ0) is 10.1. The molecule has 72 valence electrons. The maximum Gasteiger partial charge on any atom is 0.169 e. The van der Waals surface area contributed by atoms with Crippen molar-refractivity contribution in [2.45, 2.75) is 36.7 Å². The molecule has 3 nitrogen and oxygen atoms in total. The van der Waals surface area contributed by atoms with Gasteiger partial charge in [-0.05, 0) is 26.7 Å². The summed E-state index contributed by atoms with van der Waals surface area (Å²) in [6, 6.07) is 0. The molecule has 0 aromatic carbocycles. The lowest BCUT2D eigenvalue weighted by Crippen LogP contribution is -2.33. The van der Waals surface area contributed by atoms with E-state index in [0.717, 1.165) is 19.1 Å². The number of hydrogen-bond acceptors (Lipinski definition) is 3. The quantitative estimate of drug-likeness (QED) is 0.532. The first-order valence-corrected chi connectivity index (χ1v) is 5.71. The van der Waals surface area contributed by atoms with Crippen LogP contribution < -0.4 is 0 Å². The van der Waals surface area contributed by atoms with E-state index in [9.17, 15) is 8.42 Å². The van der Waals surface area contributed by atoms with Gasteiger partial charge in [0.1, 0.15) is 4.75 Å². The highest BCUT2D eigenvalue weighted by Crippen LogP contribution is 2.35. The normalized spacial score (nSPS) is 17.4. The van der Waals surface area contributed by atoms with Crippen molar-refractivity contribution in [3.05, 3.63) is 0 Å². The van der Waals surface area contributed by atoms with E-state index in [1.54, 1.807) is 13.8 Å². The van der Waals surface area contributed by atoms with Crippen LogP contribution in [-0.2, 0) is 9.84 Å². The average molecular weight is 199 g/mol. The van der Waals surface area contributed by atoms with Gasteiger partial charge in [-0.15, -0.1) is 0 Å². The highest BCUT2D eigenvalue weighted by atomic mass is 32.2. The van der Waals surface area contributed by atoms with E-state index < -0.39 is 14.6 Å². The van der Waals surface area contributed by atoms with Crippen LogP contribution >= 0.6 is 0 Å². The number of rotatable bonds is 2. The van der Waals surface area contributed by atoms with E-state index in [1.165, 1.54) is 0 Å². The second-order valence-electron chi connectivity index (χ2n) is 3.67. The second kappa shape index (κ2) is 3.15. The number of sulfone groups is 1. The molecule has 0 spiro atoms. The predicted molar refractivity (Wildman–Crippen MR) is 52.6 cm³/mol. The molecule has 0 atom stereocenters. The molecule has 1 fully saturated rings. The fourth-order valence-corrected chi connectivity index (χ4v) is 2.87. The second-order valence-corrected chi connectivity index (χ2v) is 6.45. The Hall–Kier alpha value is -0.820. The van der Waals surface area contributed by atoms with Gasteiger partial charge in [-0.1, -0.05) is 11.8 Å². The summed E-state index contributed by atoms with van der Waals surface area (Å²) in [6.07, 6.45) is 2.44. The molecule has 0 aromatic rings. The summed E-state index contributed by atoms with van der Waals surface area (Å²) in [5.41, 5.74) is 0. The Bertz CT molecular complexity index is 366. The maximum absolute atomic E-state index is 11.7. The predicted octanol–water partition coefficient (Wildman–Crippen LogP) is 0.995. The average Bonchev–Trinajstić information content (AvgIpc) is 2.82. The van der Waals surface area contributed by atoms with Gasteiger partial charge in [-0.25, -0.2) is 8.42 Å². The van der Waals surface area contributed by atoms with Crippen molar-refractivity contribution in [3.63, 3.8) is 0 Å². The molecule has 0 heterocycles. The standard InChI is InChI=1S/C9H13NO2S/c1-9(2,6-3-7-10)13(11,12)8-4-5-8/h7-8,10H,4-5H2,1-2H3. The van der Waals surface area contributed by atoms with Crippen LogP contribution in [0.2, 0.25) is 0 Å². The summed E-state index contributed by atoms with van der Waals surface area (Å²) in [5.74, 6) is 4.98. The van der Waals surface area contributed by atoms with Crippen molar-refractivity contribution >= 4 is 16.1 Å². The van der Waals surface area contributed by atoms with Crippen molar-refractivity contribution in [3.8, 4) is 11.8 Å². The minimum Gasteiger partial charge on any atom is -0.300 e. The fourth-order valence-electron chi connectivity index (χ4n) is 1.08. The van der Waals surface area contributed by atoms with Gasteiger partial charge in [-0.2, -0.15) is 0 Å². The van der Waals surface area contributed by atoms with E-state index in [1.807, 2.05) is 0 Å². The lowest BCUT2D eigenvalue weighted by Gasteiger charge is -2.17. The molecule has 1 aliphatic rings. The first-order valence-electron chi connectivity index (χ1n) is 4.17. The summed E-state index contributed by atoms with van der Waals surface area (Å²) in [5, 5.41) is 6.52. The molecule has 0 aliphatic heterocycles. The summed E-state index contributed by atoms with van der Waals surface area (Å²) >= 11 is 0. The summed E-state index contributed by atoms with van der Waals surface area (Å²) in [4.78, 5) is 0. The van der Waals surface area contributed by atoms with E-state index in [-0.39, 0.29) is 5.25 Å². The summed E-state index contributed by atoms with van der Waals surface area (Å²) < 4.78 is 22.5. The smallest absolute Gasteiger partial charge is 0.169 e. The van der Waals surface area contributed by atoms with Crippen molar-refractivity contribution in [2.75, 3.05) is 0 Å². The third-order valence-electron chi connectivity index (χ3n) is 2.12. The Kier molecular flexibility index (Phi) is 2.49. The fraction of sp³-hybridized carbons (Fsp3) is 0.667. The summed E-state index contributed by atoms with van der Waals surface area (Å²) in [7, 11) is -3.11. The molecule has 4 heteroatoms. The van der Waals surface area contributed by atoms with Gasteiger partial charge in [0.15, 0.2) is 9.84 Å². The Morgan fingerprint density at radius 1 is 1.46 bits per heavy atom. The molecule has 1 N–H and O–H groups in total. The van der Waals surface area contributed by atoms with Crippen LogP contribution in [0.1, 0.15) is 26.7 Å². The highest BCUT2D eigenvalue weighted by Gasteiger charge is 2.45. The van der Waals surface area contributed by atoms with Gasteiger partial charge in [-0.3, -0.25) is 5.41 Å². The lowest BCUT2D eigenvalue weighted by atomic mass is 10.2. The monoisotopic (exact) mass is 199 g/mol. The molecule has 1 aliphatic carbocycles. The number of nitrogens with one attached hydrogen (secondary N) is 1.